The van der Waals surface area contributed by atoms with Crippen LogP contribution in [0.3, 0.4) is 0 Å². The van der Waals surface area contributed by atoms with Gasteiger partial charge in [0.25, 0.3) is 11.3 Å². The fourth-order valence-corrected chi connectivity index (χ4v) is 1.85. The lowest BCUT2D eigenvalue weighted by atomic mass is 10.1. The lowest BCUT2D eigenvalue weighted by Gasteiger charge is -2.01. The average molecular weight is 277 g/mol. The molecule has 96 valence electrons. The van der Waals surface area contributed by atoms with Crippen LogP contribution in [0.25, 0.3) is 5.78 Å². The number of H-pyrrole nitrogens is 1. The van der Waals surface area contributed by atoms with E-state index in [4.69, 9.17) is 17.3 Å². The Balaban J connectivity index is 2.04. The van der Waals surface area contributed by atoms with Gasteiger partial charge >= 0.3 is 0 Å². The molecule has 2 aromatic heterocycles. The standard InChI is InChI=1S/C11H9ClN6O/c12-7-3-1-6(2-4-7)5-8-9(19)14-11-16-15-10(13)18(11)17-8/h1-4H,5H2,(H2,13,15)(H,14,16,19). The predicted molar refractivity (Wildman–Crippen MR) is 70.1 cm³/mol. The van der Waals surface area contributed by atoms with Crippen molar-refractivity contribution in [1.29, 1.82) is 0 Å². The molecule has 0 bridgehead atoms. The summed E-state index contributed by atoms with van der Waals surface area (Å²) in [7, 11) is 0. The number of hydrogen-bond acceptors (Lipinski definition) is 5. The second-order valence-electron chi connectivity index (χ2n) is 4.00. The Morgan fingerprint density at radius 2 is 2.00 bits per heavy atom. The number of nitrogens with two attached hydrogens (primary N) is 1. The van der Waals surface area contributed by atoms with Crippen LogP contribution >= 0.6 is 11.6 Å². The quantitative estimate of drug-likeness (QED) is 0.715. The zero-order valence-electron chi connectivity index (χ0n) is 9.67. The number of aromatic amines is 1. The Morgan fingerprint density at radius 1 is 1.26 bits per heavy atom. The summed E-state index contributed by atoms with van der Waals surface area (Å²) in [6.45, 7) is 0. The van der Waals surface area contributed by atoms with Crippen LogP contribution in [0.1, 0.15) is 11.3 Å². The molecule has 2 heterocycles. The van der Waals surface area contributed by atoms with Gasteiger partial charge in [-0.1, -0.05) is 23.7 Å². The van der Waals surface area contributed by atoms with Gasteiger partial charge in [0.1, 0.15) is 5.69 Å². The van der Waals surface area contributed by atoms with Gasteiger partial charge in [0.15, 0.2) is 0 Å². The Bertz CT molecular complexity index is 791. The molecule has 0 unspecified atom stereocenters. The van der Waals surface area contributed by atoms with Crippen molar-refractivity contribution in [3.63, 3.8) is 0 Å². The number of anilines is 1. The molecular formula is C11H9ClN6O. The van der Waals surface area contributed by atoms with E-state index in [2.05, 4.69) is 20.3 Å². The smallest absolute Gasteiger partial charge is 0.274 e. The highest BCUT2D eigenvalue weighted by molar-refractivity contribution is 6.30. The SMILES string of the molecule is Nc1nnc2[nH]c(=O)c(Cc3ccc(Cl)cc3)nn12. The molecule has 0 saturated heterocycles. The van der Waals surface area contributed by atoms with Crippen molar-refractivity contribution in [3.05, 3.63) is 50.9 Å². The molecule has 1 aromatic carbocycles. The number of nitrogen functional groups attached to an aromatic ring is 1. The van der Waals surface area contributed by atoms with E-state index in [-0.39, 0.29) is 17.3 Å². The normalized spacial score (nSPS) is 11.0. The summed E-state index contributed by atoms with van der Waals surface area (Å²) >= 11 is 5.81. The molecule has 0 aliphatic carbocycles. The van der Waals surface area contributed by atoms with Crippen LogP contribution in [0.15, 0.2) is 29.1 Å². The first kappa shape index (κ1) is 11.7. The van der Waals surface area contributed by atoms with Crippen LogP contribution in [0.5, 0.6) is 0 Å². The zero-order valence-corrected chi connectivity index (χ0v) is 10.4. The van der Waals surface area contributed by atoms with Gasteiger partial charge in [0, 0.05) is 11.4 Å². The molecule has 0 radical (unpaired) electrons. The maximum absolute atomic E-state index is 11.8. The van der Waals surface area contributed by atoms with Crippen LogP contribution in [0, 0.1) is 0 Å². The van der Waals surface area contributed by atoms with Crippen molar-refractivity contribution in [2.75, 3.05) is 5.73 Å². The minimum Gasteiger partial charge on any atom is -0.366 e. The molecule has 7 nitrogen and oxygen atoms in total. The third-order valence-electron chi connectivity index (χ3n) is 2.66. The zero-order chi connectivity index (χ0) is 13.4. The van der Waals surface area contributed by atoms with E-state index in [9.17, 15) is 4.79 Å². The van der Waals surface area contributed by atoms with E-state index in [1.165, 1.54) is 4.52 Å². The maximum atomic E-state index is 11.8. The van der Waals surface area contributed by atoms with E-state index in [1.807, 2.05) is 12.1 Å². The second-order valence-corrected chi connectivity index (χ2v) is 4.43. The van der Waals surface area contributed by atoms with E-state index in [0.29, 0.717) is 17.1 Å². The topological polar surface area (TPSA) is 102 Å². The van der Waals surface area contributed by atoms with Gasteiger partial charge in [0.2, 0.25) is 5.95 Å². The molecule has 0 aliphatic rings. The monoisotopic (exact) mass is 276 g/mol. The summed E-state index contributed by atoms with van der Waals surface area (Å²) in [5, 5.41) is 12.1. The number of rotatable bonds is 2. The van der Waals surface area contributed by atoms with Crippen molar-refractivity contribution < 1.29 is 0 Å². The number of fused-ring (bicyclic) bond motifs is 1. The number of aromatic nitrogens is 5. The van der Waals surface area contributed by atoms with Crippen molar-refractivity contribution >= 4 is 23.3 Å². The maximum Gasteiger partial charge on any atom is 0.274 e. The summed E-state index contributed by atoms with van der Waals surface area (Å²) in [6, 6.07) is 7.19. The average Bonchev–Trinajstić information content (AvgIpc) is 2.74. The van der Waals surface area contributed by atoms with Crippen LogP contribution in [0.2, 0.25) is 5.02 Å². The lowest BCUT2D eigenvalue weighted by molar-refractivity contribution is 0.831. The Morgan fingerprint density at radius 3 is 2.74 bits per heavy atom. The Hall–Kier alpha value is -2.41. The summed E-state index contributed by atoms with van der Waals surface area (Å²) < 4.78 is 1.30. The van der Waals surface area contributed by atoms with Crippen molar-refractivity contribution in [2.45, 2.75) is 6.42 Å². The summed E-state index contributed by atoms with van der Waals surface area (Å²) in [4.78, 5) is 14.4. The predicted octanol–water partition coefficient (Wildman–Crippen LogP) is 0.639. The molecule has 3 N–H and O–H groups in total. The van der Waals surface area contributed by atoms with E-state index in [0.717, 1.165) is 5.56 Å². The highest BCUT2D eigenvalue weighted by Gasteiger charge is 2.09. The number of benzene rings is 1. The molecule has 0 aliphatic heterocycles. The minimum absolute atomic E-state index is 0.128. The van der Waals surface area contributed by atoms with E-state index < -0.39 is 0 Å². The van der Waals surface area contributed by atoms with E-state index >= 15 is 0 Å². The highest BCUT2D eigenvalue weighted by Crippen LogP contribution is 2.11. The third kappa shape index (κ3) is 2.15. The minimum atomic E-state index is -0.310. The van der Waals surface area contributed by atoms with Crippen LogP contribution in [0.4, 0.5) is 5.95 Å². The third-order valence-corrected chi connectivity index (χ3v) is 2.91. The van der Waals surface area contributed by atoms with Crippen molar-refractivity contribution in [2.24, 2.45) is 0 Å². The van der Waals surface area contributed by atoms with Crippen LogP contribution in [-0.4, -0.2) is 24.8 Å². The second kappa shape index (κ2) is 4.36. The van der Waals surface area contributed by atoms with Crippen molar-refractivity contribution in [3.8, 4) is 0 Å². The fourth-order valence-electron chi connectivity index (χ4n) is 1.72. The molecule has 0 fully saturated rings. The largest absolute Gasteiger partial charge is 0.366 e. The first-order chi connectivity index (χ1) is 9.13. The lowest BCUT2D eigenvalue weighted by Crippen LogP contribution is -2.19. The van der Waals surface area contributed by atoms with Gasteiger partial charge in [-0.15, -0.1) is 10.2 Å². The molecule has 8 heteroatoms. The molecule has 3 aromatic rings. The molecule has 0 saturated carbocycles. The molecule has 0 amide bonds. The number of nitrogens with zero attached hydrogens (tertiary/aromatic N) is 4. The molecule has 0 spiro atoms. The highest BCUT2D eigenvalue weighted by atomic mass is 35.5. The summed E-state index contributed by atoms with van der Waals surface area (Å²) in [5.41, 5.74) is 6.54. The number of nitrogens with one attached hydrogen (secondary N) is 1. The molecular weight excluding hydrogens is 268 g/mol. The molecule has 0 atom stereocenters. The first-order valence-electron chi connectivity index (χ1n) is 5.48. The Labute approximate surface area is 112 Å². The van der Waals surface area contributed by atoms with Gasteiger partial charge in [-0.05, 0) is 17.7 Å². The van der Waals surface area contributed by atoms with Crippen LogP contribution in [-0.2, 0) is 6.42 Å². The number of halogens is 1. The summed E-state index contributed by atoms with van der Waals surface area (Å²) in [6.07, 6.45) is 0.375. The van der Waals surface area contributed by atoms with Gasteiger partial charge in [-0.3, -0.25) is 9.78 Å². The first-order valence-corrected chi connectivity index (χ1v) is 5.86. The van der Waals surface area contributed by atoms with Crippen LogP contribution < -0.4 is 11.3 Å². The van der Waals surface area contributed by atoms with Gasteiger partial charge in [0.05, 0.1) is 0 Å². The Kier molecular flexibility index (Phi) is 2.68. The number of hydrogen-bond donors (Lipinski definition) is 2. The van der Waals surface area contributed by atoms with Gasteiger partial charge < -0.3 is 5.73 Å². The molecule has 3 rings (SSSR count). The summed E-state index contributed by atoms with van der Waals surface area (Å²) in [5.74, 6) is 0.353. The van der Waals surface area contributed by atoms with Gasteiger partial charge in [-0.2, -0.15) is 9.61 Å². The van der Waals surface area contributed by atoms with E-state index in [1.54, 1.807) is 12.1 Å². The van der Waals surface area contributed by atoms with Gasteiger partial charge in [-0.25, -0.2) is 0 Å². The molecule has 19 heavy (non-hydrogen) atoms. The van der Waals surface area contributed by atoms with Crippen molar-refractivity contribution in [1.82, 2.24) is 24.8 Å². The fraction of sp³-hybridized carbons (Fsp3) is 0.0909.